The number of nitrogens with zero attached hydrogens (tertiary/aromatic N) is 1. The Labute approximate surface area is 144 Å². The maximum atomic E-state index is 12.4. The minimum absolute atomic E-state index is 0.218. The maximum absolute atomic E-state index is 12.4. The lowest BCUT2D eigenvalue weighted by Crippen LogP contribution is -2.34. The van der Waals surface area contributed by atoms with E-state index in [0.29, 0.717) is 13.2 Å². The highest BCUT2D eigenvalue weighted by Gasteiger charge is 2.15. The Kier molecular flexibility index (Phi) is 5.65. The molecule has 0 bridgehead atoms. The molecule has 0 aromatic heterocycles. The van der Waals surface area contributed by atoms with Crippen LogP contribution >= 0.6 is 0 Å². The van der Waals surface area contributed by atoms with Crippen LogP contribution in [0.1, 0.15) is 36.5 Å². The highest BCUT2D eigenvalue weighted by atomic mass is 16.5. The first-order valence-electron chi connectivity index (χ1n) is 8.85. The van der Waals surface area contributed by atoms with Crippen molar-refractivity contribution < 1.29 is 9.53 Å². The van der Waals surface area contributed by atoms with E-state index in [1.807, 2.05) is 43.3 Å². The van der Waals surface area contributed by atoms with Gasteiger partial charge in [0.25, 0.3) is 0 Å². The molecule has 0 saturated carbocycles. The summed E-state index contributed by atoms with van der Waals surface area (Å²) in [4.78, 5) is 14.7. The molecule has 0 amide bonds. The Morgan fingerprint density at radius 2 is 1.50 bits per heavy atom. The molecule has 24 heavy (non-hydrogen) atoms. The van der Waals surface area contributed by atoms with Crippen LogP contribution in [-0.4, -0.2) is 36.9 Å². The molecule has 1 heterocycles. The fourth-order valence-corrected chi connectivity index (χ4v) is 3.17. The first kappa shape index (κ1) is 16.7. The van der Waals surface area contributed by atoms with Crippen molar-refractivity contribution in [1.29, 1.82) is 0 Å². The van der Waals surface area contributed by atoms with Gasteiger partial charge >= 0.3 is 0 Å². The second-order valence-corrected chi connectivity index (χ2v) is 6.29. The summed E-state index contributed by atoms with van der Waals surface area (Å²) in [5.74, 6) is 1.10. The largest absolute Gasteiger partial charge is 0.494 e. The van der Waals surface area contributed by atoms with E-state index in [4.69, 9.17) is 4.74 Å². The second kappa shape index (κ2) is 8.11. The molecule has 2 aromatic carbocycles. The van der Waals surface area contributed by atoms with E-state index >= 15 is 0 Å². The monoisotopic (exact) mass is 323 g/mol. The van der Waals surface area contributed by atoms with E-state index in [2.05, 4.69) is 17.0 Å². The van der Waals surface area contributed by atoms with Gasteiger partial charge in [-0.2, -0.15) is 0 Å². The van der Waals surface area contributed by atoms with Crippen molar-refractivity contribution in [2.45, 2.75) is 26.2 Å². The number of rotatable bonds is 6. The Balaban J connectivity index is 1.64. The number of ether oxygens (including phenoxy) is 1. The van der Waals surface area contributed by atoms with E-state index in [1.54, 1.807) is 0 Å². The molecule has 0 spiro atoms. The van der Waals surface area contributed by atoms with Gasteiger partial charge in [0, 0.05) is 5.56 Å². The first-order chi connectivity index (χ1) is 11.8. The third-order valence-corrected chi connectivity index (χ3v) is 4.52. The molecular formula is C21H25NO2. The van der Waals surface area contributed by atoms with E-state index in [9.17, 15) is 4.79 Å². The summed E-state index contributed by atoms with van der Waals surface area (Å²) in [6.45, 7) is 5.30. The van der Waals surface area contributed by atoms with Gasteiger partial charge in [0.1, 0.15) is 5.75 Å². The van der Waals surface area contributed by atoms with Crippen LogP contribution in [0.15, 0.2) is 48.5 Å². The standard InChI is InChI=1S/C21H25NO2/c1-2-24-20-12-10-18(11-13-20)17-6-8-19(9-7-17)21(23)16-22-14-4-3-5-15-22/h6-13H,2-5,14-16H2,1H3. The summed E-state index contributed by atoms with van der Waals surface area (Å²) in [7, 11) is 0. The fourth-order valence-electron chi connectivity index (χ4n) is 3.17. The van der Waals surface area contributed by atoms with E-state index < -0.39 is 0 Å². The molecule has 0 N–H and O–H groups in total. The SMILES string of the molecule is CCOc1ccc(-c2ccc(C(=O)CN3CCCCC3)cc2)cc1. The van der Waals surface area contributed by atoms with Crippen LogP contribution in [0.4, 0.5) is 0 Å². The van der Waals surface area contributed by atoms with Gasteiger partial charge in [0.05, 0.1) is 13.2 Å². The molecule has 3 nitrogen and oxygen atoms in total. The molecule has 0 unspecified atom stereocenters. The van der Waals surface area contributed by atoms with Gasteiger partial charge in [-0.05, 0) is 56.1 Å². The van der Waals surface area contributed by atoms with Gasteiger partial charge in [0.15, 0.2) is 5.78 Å². The molecule has 1 aliphatic rings. The Bertz CT molecular complexity index is 655. The third-order valence-electron chi connectivity index (χ3n) is 4.52. The number of carbonyl (C=O) groups excluding carboxylic acids is 1. The summed E-state index contributed by atoms with van der Waals surface area (Å²) in [6, 6.07) is 16.0. The zero-order valence-electron chi connectivity index (χ0n) is 14.3. The van der Waals surface area contributed by atoms with Gasteiger partial charge < -0.3 is 4.74 Å². The molecule has 2 aromatic rings. The lowest BCUT2D eigenvalue weighted by atomic mass is 10.0. The summed E-state index contributed by atoms with van der Waals surface area (Å²) >= 11 is 0. The third kappa shape index (κ3) is 4.24. The minimum Gasteiger partial charge on any atom is -0.494 e. The van der Waals surface area contributed by atoms with Crippen LogP contribution < -0.4 is 4.74 Å². The van der Waals surface area contributed by atoms with Crippen LogP contribution in [0.25, 0.3) is 11.1 Å². The van der Waals surface area contributed by atoms with Crippen molar-refractivity contribution >= 4 is 5.78 Å². The van der Waals surface area contributed by atoms with Crippen LogP contribution in [0, 0.1) is 0 Å². The van der Waals surface area contributed by atoms with E-state index in [-0.39, 0.29) is 5.78 Å². The molecular weight excluding hydrogens is 298 g/mol. The van der Waals surface area contributed by atoms with Crippen LogP contribution in [0.2, 0.25) is 0 Å². The number of likely N-dealkylation sites (tertiary alicyclic amines) is 1. The van der Waals surface area contributed by atoms with E-state index in [0.717, 1.165) is 35.5 Å². The average molecular weight is 323 g/mol. The summed E-state index contributed by atoms with van der Waals surface area (Å²) in [5.41, 5.74) is 3.05. The lowest BCUT2D eigenvalue weighted by Gasteiger charge is -2.25. The number of piperidine rings is 1. The molecule has 0 radical (unpaired) electrons. The summed E-state index contributed by atoms with van der Waals surface area (Å²) < 4.78 is 5.47. The Morgan fingerprint density at radius 3 is 2.08 bits per heavy atom. The Morgan fingerprint density at radius 1 is 0.917 bits per heavy atom. The van der Waals surface area contributed by atoms with Crippen LogP contribution in [0.3, 0.4) is 0 Å². The maximum Gasteiger partial charge on any atom is 0.176 e. The van der Waals surface area contributed by atoms with Crippen molar-refractivity contribution in [1.82, 2.24) is 4.90 Å². The topological polar surface area (TPSA) is 29.5 Å². The van der Waals surface area contributed by atoms with Gasteiger partial charge in [-0.3, -0.25) is 9.69 Å². The molecule has 1 saturated heterocycles. The lowest BCUT2D eigenvalue weighted by molar-refractivity contribution is 0.0915. The molecule has 0 aliphatic carbocycles. The molecule has 3 heteroatoms. The zero-order valence-corrected chi connectivity index (χ0v) is 14.3. The van der Waals surface area contributed by atoms with Gasteiger partial charge in [-0.1, -0.05) is 42.8 Å². The van der Waals surface area contributed by atoms with Crippen LogP contribution in [-0.2, 0) is 0 Å². The predicted molar refractivity (Wildman–Crippen MR) is 97.7 cm³/mol. The quantitative estimate of drug-likeness (QED) is 0.737. The summed E-state index contributed by atoms with van der Waals surface area (Å²) in [5, 5.41) is 0. The number of Topliss-reactive ketones (excluding diaryl/α,β-unsaturated/α-hetero) is 1. The normalized spacial score (nSPS) is 15.2. The highest BCUT2D eigenvalue weighted by Crippen LogP contribution is 2.23. The summed E-state index contributed by atoms with van der Waals surface area (Å²) in [6.07, 6.45) is 3.72. The molecule has 126 valence electrons. The van der Waals surface area contributed by atoms with Gasteiger partial charge in [-0.15, -0.1) is 0 Å². The van der Waals surface area contributed by atoms with E-state index in [1.165, 1.54) is 19.3 Å². The second-order valence-electron chi connectivity index (χ2n) is 6.29. The van der Waals surface area contributed by atoms with Crippen molar-refractivity contribution in [2.24, 2.45) is 0 Å². The highest BCUT2D eigenvalue weighted by molar-refractivity contribution is 5.98. The first-order valence-corrected chi connectivity index (χ1v) is 8.85. The zero-order chi connectivity index (χ0) is 16.8. The fraction of sp³-hybridized carbons (Fsp3) is 0.381. The van der Waals surface area contributed by atoms with Crippen molar-refractivity contribution in [3.8, 4) is 16.9 Å². The van der Waals surface area contributed by atoms with Crippen molar-refractivity contribution in [2.75, 3.05) is 26.2 Å². The predicted octanol–water partition coefficient (Wildman–Crippen LogP) is 4.42. The number of hydrogen-bond donors (Lipinski definition) is 0. The molecule has 1 fully saturated rings. The molecule has 3 rings (SSSR count). The van der Waals surface area contributed by atoms with Crippen molar-refractivity contribution in [3.63, 3.8) is 0 Å². The van der Waals surface area contributed by atoms with Crippen molar-refractivity contribution in [3.05, 3.63) is 54.1 Å². The molecule has 0 atom stereocenters. The van der Waals surface area contributed by atoms with Gasteiger partial charge in [0.2, 0.25) is 0 Å². The smallest absolute Gasteiger partial charge is 0.176 e. The number of benzene rings is 2. The average Bonchev–Trinajstić information content (AvgIpc) is 2.64. The molecule has 1 aliphatic heterocycles. The Hall–Kier alpha value is -2.13. The number of hydrogen-bond acceptors (Lipinski definition) is 3. The van der Waals surface area contributed by atoms with Crippen LogP contribution in [0.5, 0.6) is 5.75 Å². The van der Waals surface area contributed by atoms with Gasteiger partial charge in [-0.25, -0.2) is 0 Å². The number of carbonyl (C=O) groups is 1. The minimum atomic E-state index is 0.218. The number of ketones is 1.